The number of alkyl halides is 1. The number of H-pyrrole nitrogens is 1. The van der Waals surface area contributed by atoms with Gasteiger partial charge in [0.15, 0.2) is 18.1 Å². The number of rotatable bonds is 7. The molecular weight excluding hydrogens is 435 g/mol. The number of hydrogen-bond acceptors (Lipinski definition) is 7. The van der Waals surface area contributed by atoms with Gasteiger partial charge < -0.3 is 24.8 Å². The normalized spacial score (nSPS) is 32.1. The predicted molar refractivity (Wildman–Crippen MR) is 112 cm³/mol. The number of anilines is 1. The maximum atomic E-state index is 15.0. The average molecular weight is 462 g/mol. The Morgan fingerprint density at radius 2 is 2.18 bits per heavy atom. The molecule has 12 heteroatoms. The van der Waals surface area contributed by atoms with Crippen LogP contribution in [0.5, 0.6) is 0 Å². The van der Waals surface area contributed by atoms with Gasteiger partial charge in [-0.2, -0.15) is 10.2 Å². The minimum Gasteiger partial charge on any atom is -0.441 e. The fraction of sp³-hybridized carbons (Fsp3) is 0.619. The molecule has 3 saturated carbocycles. The second-order valence-electron chi connectivity index (χ2n) is 9.12. The van der Waals surface area contributed by atoms with Crippen LogP contribution in [-0.2, 0) is 27.9 Å². The quantitative estimate of drug-likeness (QED) is 0.572. The summed E-state index contributed by atoms with van der Waals surface area (Å²) < 4.78 is 32.3. The van der Waals surface area contributed by atoms with Crippen LogP contribution in [0.1, 0.15) is 47.7 Å². The van der Waals surface area contributed by atoms with Gasteiger partial charge in [-0.3, -0.25) is 14.6 Å². The highest BCUT2D eigenvalue weighted by molar-refractivity contribution is 6.02. The van der Waals surface area contributed by atoms with Crippen molar-refractivity contribution in [3.63, 3.8) is 0 Å². The number of aryl methyl sites for hydroxylation is 1. The molecule has 4 fully saturated rings. The van der Waals surface area contributed by atoms with Crippen molar-refractivity contribution in [2.24, 2.45) is 18.9 Å². The van der Waals surface area contributed by atoms with E-state index < -0.39 is 30.4 Å². The maximum absolute atomic E-state index is 15.0. The standard InChI is InChI=1S/C21H27FN6O5/c1-10-11-6-21(10,7-11)24-20(30)33-15-9-32-18(17(15)22)13-5-16(26-25-13)23-19(29)14-4-12(8-31-3)27-28(14)2/h4-5,10-11,15,17-18H,6-9H2,1-3H3,(H,24,30)(H2,23,25,26,29)/t10-,11?,15-,17+,18-,21?/m0/s1. The molecule has 0 aromatic carbocycles. The minimum atomic E-state index is -1.57. The summed E-state index contributed by atoms with van der Waals surface area (Å²) in [5.74, 6) is 0.907. The maximum Gasteiger partial charge on any atom is 0.408 e. The number of nitrogens with zero attached hydrogens (tertiary/aromatic N) is 3. The number of carbonyl (C=O) groups is 2. The SMILES string of the molecule is COCc1cc(C(=O)Nc2cc([C@@H]3OC[C@H](OC(=O)NC45CC(C4)[C@@H]5C)[C@H]3F)[nH]n2)n(C)n1. The van der Waals surface area contributed by atoms with Gasteiger partial charge in [-0.25, -0.2) is 9.18 Å². The molecule has 3 N–H and O–H groups in total. The van der Waals surface area contributed by atoms with E-state index in [0.717, 1.165) is 12.8 Å². The van der Waals surface area contributed by atoms with Gasteiger partial charge >= 0.3 is 6.09 Å². The number of aromatic nitrogens is 4. The summed E-state index contributed by atoms with van der Waals surface area (Å²) in [6.45, 7) is 2.32. The largest absolute Gasteiger partial charge is 0.441 e. The molecule has 2 bridgehead atoms. The van der Waals surface area contributed by atoms with Crippen LogP contribution in [0, 0.1) is 11.8 Å². The highest BCUT2D eigenvalue weighted by Crippen LogP contribution is 2.61. The molecule has 6 rings (SSSR count). The first-order chi connectivity index (χ1) is 15.8. The predicted octanol–water partition coefficient (Wildman–Crippen LogP) is 1.84. The number of amides is 2. The Morgan fingerprint density at radius 1 is 1.39 bits per heavy atom. The second-order valence-corrected chi connectivity index (χ2v) is 9.12. The van der Waals surface area contributed by atoms with Crippen molar-refractivity contribution < 1.29 is 28.2 Å². The zero-order chi connectivity index (χ0) is 23.3. The smallest absolute Gasteiger partial charge is 0.408 e. The van der Waals surface area contributed by atoms with Gasteiger partial charge in [-0.15, -0.1) is 0 Å². The van der Waals surface area contributed by atoms with Crippen molar-refractivity contribution in [3.8, 4) is 0 Å². The van der Waals surface area contributed by atoms with E-state index in [2.05, 4.69) is 32.9 Å². The van der Waals surface area contributed by atoms with E-state index in [4.69, 9.17) is 14.2 Å². The first-order valence-corrected chi connectivity index (χ1v) is 10.9. The number of nitrogens with one attached hydrogen (secondary N) is 3. The Kier molecular flexibility index (Phi) is 5.36. The third-order valence-electron chi connectivity index (χ3n) is 7.13. The number of methoxy groups -OCH3 is 1. The van der Waals surface area contributed by atoms with Crippen LogP contribution in [-0.4, -0.2) is 63.5 Å². The van der Waals surface area contributed by atoms with Crippen LogP contribution < -0.4 is 10.6 Å². The van der Waals surface area contributed by atoms with E-state index in [1.807, 2.05) is 0 Å². The van der Waals surface area contributed by atoms with Gasteiger partial charge in [-0.05, 0) is 30.7 Å². The van der Waals surface area contributed by atoms with Gasteiger partial charge in [0, 0.05) is 25.8 Å². The first-order valence-electron chi connectivity index (χ1n) is 10.9. The second kappa shape index (κ2) is 8.10. The Morgan fingerprint density at radius 3 is 2.85 bits per heavy atom. The molecule has 11 nitrogen and oxygen atoms in total. The van der Waals surface area contributed by atoms with Gasteiger partial charge in [0.2, 0.25) is 0 Å². The third kappa shape index (κ3) is 3.76. The fourth-order valence-corrected chi connectivity index (χ4v) is 4.94. The molecule has 0 unspecified atom stereocenters. The lowest BCUT2D eigenvalue weighted by Gasteiger charge is -2.67. The molecule has 3 heterocycles. The first kappa shape index (κ1) is 21.8. The molecule has 2 amide bonds. The molecule has 33 heavy (non-hydrogen) atoms. The van der Waals surface area contributed by atoms with Gasteiger partial charge in [0.1, 0.15) is 11.8 Å². The zero-order valence-corrected chi connectivity index (χ0v) is 18.6. The lowest BCUT2D eigenvalue weighted by Crippen LogP contribution is -2.74. The van der Waals surface area contributed by atoms with Crippen molar-refractivity contribution in [1.29, 1.82) is 0 Å². The summed E-state index contributed by atoms with van der Waals surface area (Å²) in [5.41, 5.74) is 1.10. The van der Waals surface area contributed by atoms with Crippen LogP contribution >= 0.6 is 0 Å². The lowest BCUT2D eigenvalue weighted by molar-refractivity contribution is -0.123. The summed E-state index contributed by atoms with van der Waals surface area (Å²) in [7, 11) is 3.19. The number of alkyl carbamates (subject to hydrolysis) is 1. The zero-order valence-electron chi connectivity index (χ0n) is 18.6. The summed E-state index contributed by atoms with van der Waals surface area (Å²) in [4.78, 5) is 24.8. The summed E-state index contributed by atoms with van der Waals surface area (Å²) >= 11 is 0. The van der Waals surface area contributed by atoms with Crippen molar-refractivity contribution >= 4 is 17.8 Å². The molecule has 3 aliphatic carbocycles. The molecule has 0 spiro atoms. The van der Waals surface area contributed by atoms with Gasteiger partial charge in [0.05, 0.1) is 24.6 Å². The molecule has 1 aliphatic heterocycles. The minimum absolute atomic E-state index is 0.0670. The molecule has 4 atom stereocenters. The van der Waals surface area contributed by atoms with Gasteiger partial charge in [0.25, 0.3) is 5.91 Å². The van der Waals surface area contributed by atoms with E-state index in [9.17, 15) is 14.0 Å². The molecular formula is C21H27FN6O5. The highest BCUT2D eigenvalue weighted by atomic mass is 19.1. The Balaban J connectivity index is 1.17. The molecule has 2 aromatic heterocycles. The molecule has 178 valence electrons. The van der Waals surface area contributed by atoms with E-state index in [-0.39, 0.29) is 24.6 Å². The Hall–Kier alpha value is -2.99. The average Bonchev–Trinajstić information content (AvgIpc) is 3.45. The van der Waals surface area contributed by atoms with Crippen LogP contribution in [0.3, 0.4) is 0 Å². The van der Waals surface area contributed by atoms with Gasteiger partial charge in [-0.1, -0.05) is 6.92 Å². The number of aromatic amines is 1. The summed E-state index contributed by atoms with van der Waals surface area (Å²) in [5, 5.41) is 16.5. The molecule has 2 aromatic rings. The van der Waals surface area contributed by atoms with E-state index in [0.29, 0.717) is 28.9 Å². The van der Waals surface area contributed by atoms with Crippen molar-refractivity contribution in [1.82, 2.24) is 25.3 Å². The van der Waals surface area contributed by atoms with Crippen molar-refractivity contribution in [2.75, 3.05) is 19.0 Å². The highest BCUT2D eigenvalue weighted by Gasteiger charge is 2.64. The molecule has 4 aliphatic rings. The van der Waals surface area contributed by atoms with Crippen molar-refractivity contribution in [2.45, 2.75) is 50.3 Å². The van der Waals surface area contributed by atoms with Crippen LogP contribution in [0.15, 0.2) is 12.1 Å². The lowest BCUT2D eigenvalue weighted by atomic mass is 9.43. The van der Waals surface area contributed by atoms with E-state index >= 15 is 0 Å². The Labute approximate surface area is 189 Å². The fourth-order valence-electron chi connectivity index (χ4n) is 4.94. The number of hydrogen-bond donors (Lipinski definition) is 3. The van der Waals surface area contributed by atoms with E-state index in [1.54, 1.807) is 20.2 Å². The van der Waals surface area contributed by atoms with E-state index in [1.165, 1.54) is 10.7 Å². The van der Waals surface area contributed by atoms with Crippen LogP contribution in [0.4, 0.5) is 15.0 Å². The third-order valence-corrected chi connectivity index (χ3v) is 7.13. The topological polar surface area (TPSA) is 132 Å². The molecule has 1 saturated heterocycles. The number of ether oxygens (including phenoxy) is 3. The molecule has 0 radical (unpaired) electrons. The number of carbonyl (C=O) groups excluding carboxylic acids is 2. The Bertz CT molecular complexity index is 1060. The monoisotopic (exact) mass is 462 g/mol. The van der Waals surface area contributed by atoms with Crippen LogP contribution in [0.25, 0.3) is 0 Å². The van der Waals surface area contributed by atoms with Crippen molar-refractivity contribution in [3.05, 3.63) is 29.2 Å². The number of halogens is 1. The van der Waals surface area contributed by atoms with Crippen LogP contribution in [0.2, 0.25) is 0 Å². The summed E-state index contributed by atoms with van der Waals surface area (Å²) in [6.07, 6.45) is -2.27. The summed E-state index contributed by atoms with van der Waals surface area (Å²) in [6, 6.07) is 3.11.